The summed E-state index contributed by atoms with van der Waals surface area (Å²) in [7, 11) is -4.12. The lowest BCUT2D eigenvalue weighted by atomic mass is 10.0. The molecule has 26 heavy (non-hydrogen) atoms. The normalized spacial score (nSPS) is 11.4. The van der Waals surface area contributed by atoms with Gasteiger partial charge in [0.25, 0.3) is 10.0 Å². The van der Waals surface area contributed by atoms with Crippen LogP contribution in [0.2, 0.25) is 5.02 Å². The zero-order chi connectivity index (χ0) is 18.9. The zero-order valence-electron chi connectivity index (χ0n) is 13.0. The largest absolute Gasteiger partial charge is 0.277 e. The molecule has 0 fully saturated rings. The minimum atomic E-state index is -4.12. The highest BCUT2D eigenvalue weighted by molar-refractivity contribution is 9.10. The van der Waals surface area contributed by atoms with Gasteiger partial charge in [-0.25, -0.2) is 17.2 Å². The van der Waals surface area contributed by atoms with Crippen molar-refractivity contribution < 1.29 is 17.2 Å². The molecule has 0 aliphatic heterocycles. The summed E-state index contributed by atoms with van der Waals surface area (Å²) in [4.78, 5) is -0.151. The Balaban J connectivity index is 2.04. The van der Waals surface area contributed by atoms with Crippen LogP contribution < -0.4 is 4.72 Å². The number of nitrogens with one attached hydrogen (secondary N) is 1. The summed E-state index contributed by atoms with van der Waals surface area (Å²) in [6, 6.07) is 14.3. The van der Waals surface area contributed by atoms with E-state index in [2.05, 4.69) is 20.7 Å². The second-order valence-corrected chi connectivity index (χ2v) is 8.42. The summed E-state index contributed by atoms with van der Waals surface area (Å²) in [6.45, 7) is 0. The summed E-state index contributed by atoms with van der Waals surface area (Å²) in [6.07, 6.45) is 0. The summed E-state index contributed by atoms with van der Waals surface area (Å²) in [5.74, 6) is -1.81. The van der Waals surface area contributed by atoms with Gasteiger partial charge in [-0.2, -0.15) is 0 Å². The van der Waals surface area contributed by atoms with Crippen molar-refractivity contribution in [3.05, 3.63) is 81.8 Å². The van der Waals surface area contributed by atoms with E-state index in [1.807, 2.05) is 0 Å². The van der Waals surface area contributed by atoms with Crippen molar-refractivity contribution in [3.8, 4) is 11.1 Å². The van der Waals surface area contributed by atoms with Crippen molar-refractivity contribution in [1.29, 1.82) is 0 Å². The molecule has 0 aliphatic rings. The van der Waals surface area contributed by atoms with Gasteiger partial charge in [-0.05, 0) is 29.8 Å². The fourth-order valence-electron chi connectivity index (χ4n) is 2.35. The third-order valence-electron chi connectivity index (χ3n) is 3.53. The van der Waals surface area contributed by atoms with Crippen LogP contribution >= 0.6 is 27.5 Å². The average Bonchev–Trinajstić information content (AvgIpc) is 2.57. The molecule has 3 aromatic carbocycles. The summed E-state index contributed by atoms with van der Waals surface area (Å²) >= 11 is 9.03. The predicted octanol–water partition coefficient (Wildman–Crippen LogP) is 5.85. The lowest BCUT2D eigenvalue weighted by Crippen LogP contribution is -2.14. The highest BCUT2D eigenvalue weighted by Gasteiger charge is 2.20. The van der Waals surface area contributed by atoms with Crippen molar-refractivity contribution >= 4 is 43.2 Å². The predicted molar refractivity (Wildman–Crippen MR) is 102 cm³/mol. The highest BCUT2D eigenvalue weighted by atomic mass is 79.9. The molecule has 0 radical (unpaired) electrons. The Morgan fingerprint density at radius 3 is 2.27 bits per heavy atom. The van der Waals surface area contributed by atoms with E-state index in [0.717, 1.165) is 6.07 Å². The molecule has 134 valence electrons. The zero-order valence-corrected chi connectivity index (χ0v) is 16.2. The lowest BCUT2D eigenvalue weighted by molar-refractivity contribution is 0.584. The quantitative estimate of drug-likeness (QED) is 0.533. The van der Waals surface area contributed by atoms with Gasteiger partial charge in [0.15, 0.2) is 0 Å². The maximum Gasteiger partial charge on any atom is 0.262 e. The summed E-state index contributed by atoms with van der Waals surface area (Å²) in [5, 5.41) is 0.198. The van der Waals surface area contributed by atoms with Crippen LogP contribution in [0.3, 0.4) is 0 Å². The Labute approximate surface area is 162 Å². The fraction of sp³-hybridized carbons (Fsp3) is 0. The fourth-order valence-corrected chi connectivity index (χ4v) is 4.56. The lowest BCUT2D eigenvalue weighted by Gasteiger charge is -2.12. The van der Waals surface area contributed by atoms with Crippen molar-refractivity contribution in [1.82, 2.24) is 0 Å². The van der Waals surface area contributed by atoms with Crippen molar-refractivity contribution in [2.75, 3.05) is 4.72 Å². The van der Waals surface area contributed by atoms with Gasteiger partial charge in [-0.1, -0.05) is 57.9 Å². The van der Waals surface area contributed by atoms with Gasteiger partial charge in [0.2, 0.25) is 0 Å². The third kappa shape index (κ3) is 4.06. The first-order valence-electron chi connectivity index (χ1n) is 7.29. The molecule has 0 heterocycles. The number of hydrogen-bond donors (Lipinski definition) is 1. The Bertz CT molecular complexity index is 1060. The minimum Gasteiger partial charge on any atom is -0.277 e. The molecule has 0 unspecified atom stereocenters. The van der Waals surface area contributed by atoms with Gasteiger partial charge >= 0.3 is 0 Å². The molecule has 0 aromatic heterocycles. The molecular formula is C18H11BrClF2NO2S. The summed E-state index contributed by atoms with van der Waals surface area (Å²) < 4.78 is 56.0. The van der Waals surface area contributed by atoms with E-state index in [-0.39, 0.29) is 21.2 Å². The smallest absolute Gasteiger partial charge is 0.262 e. The topological polar surface area (TPSA) is 46.2 Å². The Hall–Kier alpha value is -1.96. The number of hydrogen-bond acceptors (Lipinski definition) is 2. The monoisotopic (exact) mass is 457 g/mol. The molecule has 0 spiro atoms. The van der Waals surface area contributed by atoms with Crippen molar-refractivity contribution in [3.63, 3.8) is 0 Å². The number of halogens is 4. The Morgan fingerprint density at radius 2 is 1.62 bits per heavy atom. The number of benzene rings is 3. The van der Waals surface area contributed by atoms with Crippen LogP contribution in [0.1, 0.15) is 0 Å². The molecule has 0 aliphatic carbocycles. The number of rotatable bonds is 4. The van der Waals surface area contributed by atoms with E-state index in [0.29, 0.717) is 16.1 Å². The SMILES string of the molecule is O=S(=O)(Nc1cc(-c2ccccc2)c(F)cc1F)c1cc(Cl)cc(Br)c1. The highest BCUT2D eigenvalue weighted by Crippen LogP contribution is 2.30. The molecule has 3 rings (SSSR count). The molecule has 0 atom stereocenters. The van der Waals surface area contributed by atoms with Gasteiger partial charge in [0.1, 0.15) is 11.6 Å². The maximum absolute atomic E-state index is 14.1. The first-order chi connectivity index (χ1) is 12.3. The second-order valence-electron chi connectivity index (χ2n) is 5.39. The molecule has 0 amide bonds. The molecule has 3 nitrogen and oxygen atoms in total. The molecule has 8 heteroatoms. The van der Waals surface area contributed by atoms with E-state index < -0.39 is 21.7 Å². The van der Waals surface area contributed by atoms with Crippen LogP contribution in [0.25, 0.3) is 11.1 Å². The van der Waals surface area contributed by atoms with Gasteiger partial charge in [-0.3, -0.25) is 4.72 Å². The maximum atomic E-state index is 14.1. The van der Waals surface area contributed by atoms with Gasteiger partial charge in [-0.15, -0.1) is 0 Å². The third-order valence-corrected chi connectivity index (χ3v) is 5.55. The van der Waals surface area contributed by atoms with E-state index in [1.165, 1.54) is 18.2 Å². The Kier molecular flexibility index (Phi) is 5.32. The molecule has 0 bridgehead atoms. The van der Waals surface area contributed by atoms with Crippen LogP contribution in [-0.4, -0.2) is 8.42 Å². The number of anilines is 1. The first kappa shape index (κ1) is 18.8. The molecule has 1 N–H and O–H groups in total. The molecule has 3 aromatic rings. The van der Waals surface area contributed by atoms with Crippen molar-refractivity contribution in [2.45, 2.75) is 4.90 Å². The standard InChI is InChI=1S/C18H11BrClF2NO2S/c19-12-6-13(20)8-14(7-12)26(24,25)23-18-9-15(16(21)10-17(18)22)11-4-2-1-3-5-11/h1-10,23H. The van der Waals surface area contributed by atoms with Crippen molar-refractivity contribution in [2.24, 2.45) is 0 Å². The van der Waals surface area contributed by atoms with Crippen LogP contribution in [0.4, 0.5) is 14.5 Å². The van der Waals surface area contributed by atoms with Gasteiger partial charge in [0, 0.05) is 21.1 Å². The van der Waals surface area contributed by atoms with E-state index >= 15 is 0 Å². The van der Waals surface area contributed by atoms with Gasteiger partial charge in [0.05, 0.1) is 10.6 Å². The first-order valence-corrected chi connectivity index (χ1v) is 9.95. The minimum absolute atomic E-state index is 0.0805. The average molecular weight is 459 g/mol. The molecular weight excluding hydrogens is 448 g/mol. The van der Waals surface area contributed by atoms with E-state index in [4.69, 9.17) is 11.6 Å². The van der Waals surface area contributed by atoms with E-state index in [9.17, 15) is 17.2 Å². The van der Waals surface area contributed by atoms with Crippen LogP contribution in [0.5, 0.6) is 0 Å². The number of sulfonamides is 1. The van der Waals surface area contributed by atoms with Crippen LogP contribution in [0.15, 0.2) is 70.0 Å². The van der Waals surface area contributed by atoms with E-state index in [1.54, 1.807) is 30.3 Å². The summed E-state index contributed by atoms with van der Waals surface area (Å²) in [5.41, 5.74) is 0.217. The Morgan fingerprint density at radius 1 is 0.923 bits per heavy atom. The van der Waals surface area contributed by atoms with Crippen LogP contribution in [-0.2, 0) is 10.0 Å². The van der Waals surface area contributed by atoms with Gasteiger partial charge < -0.3 is 0 Å². The molecule has 0 saturated heterocycles. The van der Waals surface area contributed by atoms with Crippen LogP contribution in [0, 0.1) is 11.6 Å². The molecule has 0 saturated carbocycles. The second kappa shape index (κ2) is 7.34.